The van der Waals surface area contributed by atoms with Crippen LogP contribution in [0, 0.1) is 0 Å². The van der Waals surface area contributed by atoms with Gasteiger partial charge in [-0.3, -0.25) is 0 Å². The molecule has 0 saturated carbocycles. The van der Waals surface area contributed by atoms with E-state index in [1.165, 1.54) is 22.3 Å². The molecule has 0 N–H and O–H groups in total. The zero-order chi connectivity index (χ0) is 27.4. The van der Waals surface area contributed by atoms with Gasteiger partial charge < -0.3 is 14.2 Å². The largest absolute Gasteiger partial charge is 0.379 e. The van der Waals surface area contributed by atoms with Crippen LogP contribution in [0.1, 0.15) is 77.3 Å². The number of unbranched alkanes of at least 4 members (excludes halogenated alkanes) is 2. The van der Waals surface area contributed by atoms with Gasteiger partial charge in [0.15, 0.2) is 0 Å². The van der Waals surface area contributed by atoms with E-state index in [-0.39, 0.29) is 0 Å². The quantitative estimate of drug-likeness (QED) is 0.131. The minimum atomic E-state index is 0.628. The highest BCUT2D eigenvalue weighted by atomic mass is 16.5. The molecule has 0 aliphatic carbocycles. The summed E-state index contributed by atoms with van der Waals surface area (Å²) in [5.74, 6) is 0. The molecule has 2 aromatic rings. The van der Waals surface area contributed by atoms with Gasteiger partial charge in [-0.15, -0.1) is 0 Å². The van der Waals surface area contributed by atoms with E-state index in [2.05, 4.69) is 61.7 Å². The fraction of sp³-hybridized carbons (Fsp3) is 0.529. The lowest BCUT2D eigenvalue weighted by Gasteiger charge is -2.08. The molecular formula is C34H54O3. The van der Waals surface area contributed by atoms with Gasteiger partial charge in [-0.05, 0) is 62.5 Å². The summed E-state index contributed by atoms with van der Waals surface area (Å²) >= 11 is 0. The third kappa shape index (κ3) is 21.6. The molecule has 2 rings (SSSR count). The molecule has 37 heavy (non-hydrogen) atoms. The maximum atomic E-state index is 5.65. The zero-order valence-corrected chi connectivity index (χ0v) is 24.3. The molecule has 0 heterocycles. The first-order valence-corrected chi connectivity index (χ1v) is 14.4. The number of allylic oxidation sites excluding steroid dienone is 2. The van der Waals surface area contributed by atoms with Crippen molar-refractivity contribution in [3.8, 4) is 0 Å². The summed E-state index contributed by atoms with van der Waals surface area (Å²) in [5, 5.41) is 0. The van der Waals surface area contributed by atoms with E-state index in [0.717, 1.165) is 64.6 Å². The molecule has 0 atom stereocenters. The number of benzene rings is 2. The molecule has 0 aromatic heterocycles. The first kappa shape index (κ1) is 34.8. The van der Waals surface area contributed by atoms with Crippen molar-refractivity contribution in [1.29, 1.82) is 0 Å². The summed E-state index contributed by atoms with van der Waals surface area (Å²) in [6, 6.07) is 21.1. The molecule has 0 saturated heterocycles. The van der Waals surface area contributed by atoms with Crippen molar-refractivity contribution in [1.82, 2.24) is 0 Å². The molecule has 0 unspecified atom stereocenters. The normalized spacial score (nSPS) is 10.1. The Morgan fingerprint density at radius 1 is 0.486 bits per heavy atom. The lowest BCUT2D eigenvalue weighted by molar-refractivity contribution is 0.0134. The molecule has 0 aliphatic heterocycles. The van der Waals surface area contributed by atoms with Crippen LogP contribution in [-0.2, 0) is 27.1 Å². The van der Waals surface area contributed by atoms with Crippen molar-refractivity contribution < 1.29 is 14.2 Å². The maximum absolute atomic E-state index is 5.65. The molecule has 3 heteroatoms. The molecule has 2 aromatic carbocycles. The van der Waals surface area contributed by atoms with Crippen LogP contribution in [0.15, 0.2) is 85.0 Å². The van der Waals surface area contributed by atoms with Crippen molar-refractivity contribution in [2.24, 2.45) is 0 Å². The summed E-state index contributed by atoms with van der Waals surface area (Å²) in [7, 11) is 0. The third-order valence-electron chi connectivity index (χ3n) is 5.48. The summed E-state index contributed by atoms with van der Waals surface area (Å²) in [6.45, 7) is 20.5. The van der Waals surface area contributed by atoms with E-state index in [1.54, 1.807) is 0 Å². The molecule has 0 bridgehead atoms. The van der Waals surface area contributed by atoms with Gasteiger partial charge in [0.1, 0.15) is 0 Å². The van der Waals surface area contributed by atoms with E-state index < -0.39 is 0 Å². The Labute approximate surface area is 228 Å². The fourth-order valence-corrected chi connectivity index (χ4v) is 3.65. The Kier molecular flexibility index (Phi) is 25.3. The predicted molar refractivity (Wildman–Crippen MR) is 161 cm³/mol. The summed E-state index contributed by atoms with van der Waals surface area (Å²) < 4.78 is 16.9. The van der Waals surface area contributed by atoms with Gasteiger partial charge in [-0.1, -0.05) is 113 Å². The van der Waals surface area contributed by atoms with Crippen LogP contribution in [0.2, 0.25) is 0 Å². The minimum Gasteiger partial charge on any atom is -0.379 e. The van der Waals surface area contributed by atoms with E-state index in [4.69, 9.17) is 14.2 Å². The smallest absolute Gasteiger partial charge is 0.0701 e. The molecular weight excluding hydrogens is 456 g/mol. The number of hydrogen-bond acceptors (Lipinski definition) is 3. The molecule has 0 spiro atoms. The van der Waals surface area contributed by atoms with Crippen LogP contribution >= 0.6 is 0 Å². The zero-order valence-electron chi connectivity index (χ0n) is 24.3. The average molecular weight is 511 g/mol. The molecule has 0 aliphatic rings. The molecule has 0 amide bonds. The van der Waals surface area contributed by atoms with Crippen LogP contribution in [0.5, 0.6) is 0 Å². The lowest BCUT2D eigenvalue weighted by atomic mass is 10.0. The monoisotopic (exact) mass is 510 g/mol. The van der Waals surface area contributed by atoms with E-state index in [1.807, 2.05) is 39.8 Å². The summed E-state index contributed by atoms with van der Waals surface area (Å²) in [6.07, 6.45) is 8.45. The number of hydrogen-bond donors (Lipinski definition) is 0. The van der Waals surface area contributed by atoms with Crippen molar-refractivity contribution >= 4 is 0 Å². The van der Waals surface area contributed by atoms with Gasteiger partial charge in [0, 0.05) is 13.2 Å². The summed E-state index contributed by atoms with van der Waals surface area (Å²) in [4.78, 5) is 0. The van der Waals surface area contributed by atoms with Crippen LogP contribution in [0.4, 0.5) is 0 Å². The topological polar surface area (TPSA) is 27.7 Å². The van der Waals surface area contributed by atoms with Crippen LogP contribution in [-0.4, -0.2) is 39.6 Å². The van der Waals surface area contributed by atoms with Crippen molar-refractivity contribution in [3.05, 3.63) is 96.1 Å². The Bertz CT molecular complexity index is 690. The number of ether oxygens (including phenoxy) is 3. The predicted octanol–water partition coefficient (Wildman–Crippen LogP) is 9.03. The lowest BCUT2D eigenvalue weighted by Crippen LogP contribution is -2.10. The SMILES string of the molecule is C=C(CCCCOCCOCCOCCCCC(=C)Cc1ccccc1)Cc1ccccc1.CC.CC. The Morgan fingerprint density at radius 3 is 1.16 bits per heavy atom. The van der Waals surface area contributed by atoms with Gasteiger partial charge >= 0.3 is 0 Å². The highest BCUT2D eigenvalue weighted by Gasteiger charge is 1.99. The second-order valence-corrected chi connectivity index (χ2v) is 8.58. The van der Waals surface area contributed by atoms with Gasteiger partial charge in [0.2, 0.25) is 0 Å². The van der Waals surface area contributed by atoms with Gasteiger partial charge in [-0.2, -0.15) is 0 Å². The standard InChI is InChI=1S/C30H42O3.2C2H6/c1-27(25-29-15-5-3-6-16-29)13-9-11-19-31-21-23-33-24-22-32-20-12-10-14-28(2)26-30-17-7-4-8-18-30;2*1-2/h3-8,15-18H,1-2,9-14,19-26H2;2*1-2H3. The second kappa shape index (κ2) is 26.9. The van der Waals surface area contributed by atoms with Gasteiger partial charge in [0.25, 0.3) is 0 Å². The van der Waals surface area contributed by atoms with Crippen molar-refractivity contribution in [2.45, 2.75) is 79.1 Å². The number of rotatable bonds is 20. The average Bonchev–Trinajstić information content (AvgIpc) is 2.94. The summed E-state index contributed by atoms with van der Waals surface area (Å²) in [5.41, 5.74) is 5.26. The fourth-order valence-electron chi connectivity index (χ4n) is 3.65. The van der Waals surface area contributed by atoms with E-state index in [0.29, 0.717) is 26.4 Å². The molecule has 0 radical (unpaired) electrons. The van der Waals surface area contributed by atoms with Gasteiger partial charge in [0.05, 0.1) is 26.4 Å². The molecule has 3 nitrogen and oxygen atoms in total. The third-order valence-corrected chi connectivity index (χ3v) is 5.48. The minimum absolute atomic E-state index is 0.628. The Morgan fingerprint density at radius 2 is 0.811 bits per heavy atom. The van der Waals surface area contributed by atoms with Crippen LogP contribution < -0.4 is 0 Å². The second-order valence-electron chi connectivity index (χ2n) is 8.58. The molecule has 208 valence electrons. The maximum Gasteiger partial charge on any atom is 0.0701 e. The Balaban J connectivity index is 0.00000308. The van der Waals surface area contributed by atoms with Gasteiger partial charge in [-0.25, -0.2) is 0 Å². The van der Waals surface area contributed by atoms with Crippen molar-refractivity contribution in [3.63, 3.8) is 0 Å². The first-order valence-electron chi connectivity index (χ1n) is 14.4. The van der Waals surface area contributed by atoms with Crippen LogP contribution in [0.3, 0.4) is 0 Å². The Hall–Kier alpha value is -2.20. The highest BCUT2D eigenvalue weighted by Crippen LogP contribution is 2.13. The highest BCUT2D eigenvalue weighted by molar-refractivity contribution is 5.21. The van der Waals surface area contributed by atoms with Crippen molar-refractivity contribution in [2.75, 3.05) is 39.6 Å². The molecule has 0 fully saturated rings. The first-order chi connectivity index (χ1) is 18.2. The van der Waals surface area contributed by atoms with Crippen LogP contribution in [0.25, 0.3) is 0 Å². The van der Waals surface area contributed by atoms with E-state index in [9.17, 15) is 0 Å². The van der Waals surface area contributed by atoms with E-state index >= 15 is 0 Å².